The topological polar surface area (TPSA) is 9.23 Å². The molecule has 0 bridgehead atoms. The van der Waals surface area contributed by atoms with E-state index in [9.17, 15) is 0 Å². The Bertz CT molecular complexity index is 440. The van der Waals surface area contributed by atoms with E-state index in [-0.39, 0.29) is 6.10 Å². The molecule has 0 saturated carbocycles. The van der Waals surface area contributed by atoms with Crippen molar-refractivity contribution in [3.63, 3.8) is 0 Å². The lowest BCUT2D eigenvalue weighted by Crippen LogP contribution is -2.06. The summed E-state index contributed by atoms with van der Waals surface area (Å²) in [5.74, 6) is 1.06. The van der Waals surface area contributed by atoms with Gasteiger partial charge in [0.2, 0.25) is 0 Å². The highest BCUT2D eigenvalue weighted by atomic mass is 79.9. The third kappa shape index (κ3) is 2.22. The Morgan fingerprint density at radius 3 is 2.53 bits per heavy atom. The van der Waals surface area contributed by atoms with Crippen LogP contribution >= 0.6 is 31.9 Å². The minimum atomic E-state index is 0.217. The summed E-state index contributed by atoms with van der Waals surface area (Å²) < 4.78 is 8.14. The molecule has 0 saturated heterocycles. The third-order valence-corrected chi connectivity index (χ3v) is 5.18. The molecule has 1 aromatic rings. The highest BCUT2D eigenvalue weighted by molar-refractivity contribution is 9.11. The average molecular weight is 362 g/mol. The maximum atomic E-state index is 5.67. The zero-order chi connectivity index (χ0) is 12.7. The first kappa shape index (κ1) is 13.6. The van der Waals surface area contributed by atoms with E-state index in [0.29, 0.717) is 11.8 Å². The van der Waals surface area contributed by atoms with Crippen LogP contribution in [-0.2, 0) is 11.2 Å². The van der Waals surface area contributed by atoms with Crippen molar-refractivity contribution in [2.75, 3.05) is 7.11 Å². The number of halogens is 2. The summed E-state index contributed by atoms with van der Waals surface area (Å²) in [5.41, 5.74) is 4.10. The molecule has 0 unspecified atom stereocenters. The van der Waals surface area contributed by atoms with Gasteiger partial charge in [0.25, 0.3) is 0 Å². The van der Waals surface area contributed by atoms with Crippen molar-refractivity contribution in [2.45, 2.75) is 39.2 Å². The number of ether oxygens (including phenoxy) is 1. The molecule has 0 heterocycles. The minimum Gasteiger partial charge on any atom is -0.376 e. The van der Waals surface area contributed by atoms with Crippen molar-refractivity contribution >= 4 is 31.9 Å². The van der Waals surface area contributed by atoms with E-state index in [1.807, 2.05) is 0 Å². The van der Waals surface area contributed by atoms with Crippen LogP contribution in [0.3, 0.4) is 0 Å². The maximum absolute atomic E-state index is 5.67. The molecule has 0 amide bonds. The number of rotatable bonds is 2. The molecule has 1 aliphatic rings. The van der Waals surface area contributed by atoms with Crippen molar-refractivity contribution in [3.8, 4) is 0 Å². The summed E-state index contributed by atoms with van der Waals surface area (Å²) in [4.78, 5) is 0. The monoisotopic (exact) mass is 360 g/mol. The van der Waals surface area contributed by atoms with E-state index in [1.165, 1.54) is 25.6 Å². The van der Waals surface area contributed by atoms with Crippen LogP contribution in [0.5, 0.6) is 0 Å². The highest BCUT2D eigenvalue weighted by Crippen LogP contribution is 2.47. The summed E-state index contributed by atoms with van der Waals surface area (Å²) in [5, 5.41) is 0. The second-order valence-electron chi connectivity index (χ2n) is 5.15. The fourth-order valence-electron chi connectivity index (χ4n) is 2.69. The summed E-state index contributed by atoms with van der Waals surface area (Å²) in [6.45, 7) is 6.69. The molecule has 3 heteroatoms. The Labute approximate surface area is 120 Å². The van der Waals surface area contributed by atoms with E-state index in [4.69, 9.17) is 4.74 Å². The Kier molecular flexibility index (Phi) is 4.01. The van der Waals surface area contributed by atoms with Crippen molar-refractivity contribution in [1.29, 1.82) is 0 Å². The van der Waals surface area contributed by atoms with Gasteiger partial charge in [-0.05, 0) is 41.0 Å². The van der Waals surface area contributed by atoms with E-state index in [2.05, 4.69) is 58.7 Å². The van der Waals surface area contributed by atoms with Crippen LogP contribution < -0.4 is 0 Å². The Morgan fingerprint density at radius 2 is 2.00 bits per heavy atom. The molecule has 0 radical (unpaired) electrons. The molecule has 0 aliphatic heterocycles. The number of hydrogen-bond acceptors (Lipinski definition) is 1. The van der Waals surface area contributed by atoms with Gasteiger partial charge < -0.3 is 4.74 Å². The third-order valence-electron chi connectivity index (χ3n) is 3.59. The van der Waals surface area contributed by atoms with Gasteiger partial charge >= 0.3 is 0 Å². The zero-order valence-corrected chi connectivity index (χ0v) is 13.9. The fourth-order valence-corrected chi connectivity index (χ4v) is 4.35. The largest absolute Gasteiger partial charge is 0.376 e. The predicted molar refractivity (Wildman–Crippen MR) is 78.5 cm³/mol. The average Bonchev–Trinajstić information content (AvgIpc) is 2.60. The standard InChI is InChI=1S/C14H18Br2O/c1-7(2)9-6-11(15)10-5-8(3)14(17-4)12(10)13(9)16/h6-8,14H,5H2,1-4H3/t8-,14-/m1/s1. The van der Waals surface area contributed by atoms with Crippen LogP contribution in [0.25, 0.3) is 0 Å². The van der Waals surface area contributed by atoms with Gasteiger partial charge in [-0.3, -0.25) is 0 Å². The molecule has 1 aliphatic carbocycles. The SMILES string of the molecule is CO[C@H]1c2c(Br)c(C(C)C)cc(Br)c2C[C@H]1C. The molecule has 2 rings (SSSR count). The molecule has 0 spiro atoms. The first-order valence-electron chi connectivity index (χ1n) is 6.00. The highest BCUT2D eigenvalue weighted by Gasteiger charge is 2.34. The van der Waals surface area contributed by atoms with E-state index in [0.717, 1.165) is 6.42 Å². The van der Waals surface area contributed by atoms with Gasteiger partial charge in [0.1, 0.15) is 0 Å². The van der Waals surface area contributed by atoms with Gasteiger partial charge in [0.05, 0.1) is 6.10 Å². The summed E-state index contributed by atoms with van der Waals surface area (Å²) in [7, 11) is 1.80. The molecule has 94 valence electrons. The summed E-state index contributed by atoms with van der Waals surface area (Å²) in [6.07, 6.45) is 1.31. The molecule has 2 atom stereocenters. The Hall–Kier alpha value is 0.140. The predicted octanol–water partition coefficient (Wildman–Crippen LogP) is 5.21. The number of methoxy groups -OCH3 is 1. The van der Waals surface area contributed by atoms with E-state index >= 15 is 0 Å². The number of hydrogen-bond donors (Lipinski definition) is 0. The van der Waals surface area contributed by atoms with Gasteiger partial charge in [0.15, 0.2) is 0 Å². The molecule has 0 aromatic heterocycles. The Morgan fingerprint density at radius 1 is 1.35 bits per heavy atom. The quantitative estimate of drug-likeness (QED) is 0.702. The Balaban J connectivity index is 2.63. The second kappa shape index (κ2) is 5.02. The molecular weight excluding hydrogens is 344 g/mol. The first-order valence-corrected chi connectivity index (χ1v) is 7.59. The van der Waals surface area contributed by atoms with Crippen LogP contribution in [0.4, 0.5) is 0 Å². The van der Waals surface area contributed by atoms with Crippen LogP contribution in [0.15, 0.2) is 15.0 Å². The van der Waals surface area contributed by atoms with Gasteiger partial charge in [-0.1, -0.05) is 52.6 Å². The molecule has 0 fully saturated rings. The van der Waals surface area contributed by atoms with Gasteiger partial charge in [-0.15, -0.1) is 0 Å². The van der Waals surface area contributed by atoms with Crippen LogP contribution in [0.1, 0.15) is 49.5 Å². The molecule has 1 aromatic carbocycles. The smallest absolute Gasteiger partial charge is 0.0863 e. The second-order valence-corrected chi connectivity index (χ2v) is 6.79. The van der Waals surface area contributed by atoms with Crippen LogP contribution in [0, 0.1) is 5.92 Å². The molecular formula is C14H18Br2O. The fraction of sp³-hybridized carbons (Fsp3) is 0.571. The molecule has 1 nitrogen and oxygen atoms in total. The van der Waals surface area contributed by atoms with Gasteiger partial charge in [-0.25, -0.2) is 0 Å². The van der Waals surface area contributed by atoms with Crippen molar-refractivity contribution in [2.24, 2.45) is 5.92 Å². The van der Waals surface area contributed by atoms with Crippen LogP contribution in [-0.4, -0.2) is 7.11 Å². The molecule has 0 N–H and O–H groups in total. The lowest BCUT2D eigenvalue weighted by molar-refractivity contribution is 0.0690. The summed E-state index contributed by atoms with van der Waals surface area (Å²) in [6, 6.07) is 2.25. The van der Waals surface area contributed by atoms with Crippen molar-refractivity contribution in [1.82, 2.24) is 0 Å². The van der Waals surface area contributed by atoms with Gasteiger partial charge in [-0.2, -0.15) is 0 Å². The number of benzene rings is 1. The summed E-state index contributed by atoms with van der Waals surface area (Å²) >= 11 is 7.48. The van der Waals surface area contributed by atoms with Crippen molar-refractivity contribution in [3.05, 3.63) is 31.7 Å². The minimum absolute atomic E-state index is 0.217. The van der Waals surface area contributed by atoms with E-state index < -0.39 is 0 Å². The first-order chi connectivity index (χ1) is 7.97. The van der Waals surface area contributed by atoms with Crippen molar-refractivity contribution < 1.29 is 4.74 Å². The normalized spacial score (nSPS) is 23.2. The lowest BCUT2D eigenvalue weighted by Gasteiger charge is -2.19. The van der Waals surface area contributed by atoms with E-state index in [1.54, 1.807) is 7.11 Å². The number of fused-ring (bicyclic) bond motifs is 1. The zero-order valence-electron chi connectivity index (χ0n) is 10.7. The maximum Gasteiger partial charge on any atom is 0.0863 e. The lowest BCUT2D eigenvalue weighted by atomic mass is 9.97. The van der Waals surface area contributed by atoms with Gasteiger partial charge in [0, 0.05) is 16.1 Å². The van der Waals surface area contributed by atoms with Crippen LogP contribution in [0.2, 0.25) is 0 Å². The molecule has 17 heavy (non-hydrogen) atoms.